The molecule has 0 N–H and O–H groups in total. The second-order valence-electron chi connectivity index (χ2n) is 14.3. The minimum absolute atomic E-state index is 0.175. The fraction of sp³-hybridized carbons (Fsp3) is 0.234. The Hall–Kier alpha value is -5.08. The molecule has 6 rings (SSSR count). The summed E-state index contributed by atoms with van der Waals surface area (Å²) >= 11 is 0. The molecule has 0 unspecified atom stereocenters. The van der Waals surface area contributed by atoms with Gasteiger partial charge in [-0.25, -0.2) is 0 Å². The maximum Gasteiger partial charge on any atom is 0.0464 e. The second-order valence-corrected chi connectivity index (χ2v) is 14.3. The third-order valence-electron chi connectivity index (χ3n) is 10.1. The van der Waals surface area contributed by atoms with Crippen molar-refractivity contribution >= 4 is 34.1 Å². The van der Waals surface area contributed by atoms with Crippen LogP contribution in [0.2, 0.25) is 0 Å². The van der Waals surface area contributed by atoms with Crippen molar-refractivity contribution in [3.05, 3.63) is 179 Å². The topological polar surface area (TPSA) is 6.48 Å². The van der Waals surface area contributed by atoms with Gasteiger partial charge in [0, 0.05) is 39.5 Å². The molecule has 0 fully saturated rings. The van der Waals surface area contributed by atoms with E-state index in [0.29, 0.717) is 11.8 Å². The zero-order chi connectivity index (χ0) is 34.7. The molecule has 49 heavy (non-hydrogen) atoms. The Morgan fingerprint density at radius 1 is 0.347 bits per heavy atom. The molecule has 0 atom stereocenters. The summed E-state index contributed by atoms with van der Waals surface area (Å²) < 4.78 is 0. The van der Waals surface area contributed by atoms with Crippen LogP contribution in [0.15, 0.2) is 146 Å². The first-order valence-electron chi connectivity index (χ1n) is 17.7. The van der Waals surface area contributed by atoms with Crippen LogP contribution in [0.1, 0.15) is 61.1 Å². The molecule has 2 nitrogen and oxygen atoms in total. The Kier molecular flexibility index (Phi) is 9.79. The molecule has 0 heterocycles. The van der Waals surface area contributed by atoms with Crippen molar-refractivity contribution in [3.63, 3.8) is 0 Å². The van der Waals surface area contributed by atoms with Crippen molar-refractivity contribution in [2.75, 3.05) is 9.80 Å². The molecule has 248 valence electrons. The van der Waals surface area contributed by atoms with Crippen LogP contribution in [0, 0.1) is 39.5 Å². The number of benzene rings is 6. The highest BCUT2D eigenvalue weighted by molar-refractivity contribution is 5.78. The smallest absolute Gasteiger partial charge is 0.0464 e. The van der Waals surface area contributed by atoms with E-state index in [1.54, 1.807) is 0 Å². The number of rotatable bonds is 10. The van der Waals surface area contributed by atoms with Gasteiger partial charge in [-0.2, -0.15) is 0 Å². The summed E-state index contributed by atoms with van der Waals surface area (Å²) in [5.74, 6) is 0.747. The lowest BCUT2D eigenvalue weighted by Crippen LogP contribution is -2.39. The summed E-state index contributed by atoms with van der Waals surface area (Å²) in [6.45, 7) is 18.1. The molecule has 0 amide bonds. The van der Waals surface area contributed by atoms with Gasteiger partial charge in [-0.15, -0.1) is 0 Å². The van der Waals surface area contributed by atoms with Gasteiger partial charge in [0.05, 0.1) is 0 Å². The molecule has 6 aromatic rings. The predicted molar refractivity (Wildman–Crippen MR) is 212 cm³/mol. The first kappa shape index (κ1) is 33.8. The summed E-state index contributed by atoms with van der Waals surface area (Å²) in [4.78, 5) is 4.74. The highest BCUT2D eigenvalue weighted by Crippen LogP contribution is 2.47. The van der Waals surface area contributed by atoms with Crippen LogP contribution in [-0.4, -0.2) is 0 Å². The molecule has 0 saturated carbocycles. The Morgan fingerprint density at radius 2 is 0.612 bits per heavy atom. The van der Waals surface area contributed by atoms with Gasteiger partial charge in [0.15, 0.2) is 0 Å². The second kappa shape index (κ2) is 14.2. The van der Waals surface area contributed by atoms with Crippen LogP contribution >= 0.6 is 0 Å². The van der Waals surface area contributed by atoms with E-state index in [1.165, 1.54) is 56.1 Å². The van der Waals surface area contributed by atoms with Crippen molar-refractivity contribution in [1.29, 1.82) is 0 Å². The van der Waals surface area contributed by atoms with Crippen LogP contribution in [0.4, 0.5) is 34.1 Å². The predicted octanol–water partition coefficient (Wildman–Crippen LogP) is 13.5. The quantitative estimate of drug-likeness (QED) is 0.147. The molecule has 0 radical (unpaired) electrons. The first-order valence-corrected chi connectivity index (χ1v) is 17.7. The lowest BCUT2D eigenvalue weighted by Gasteiger charge is -2.43. The van der Waals surface area contributed by atoms with E-state index in [1.807, 2.05) is 0 Å². The Balaban J connectivity index is 1.43. The van der Waals surface area contributed by atoms with Gasteiger partial charge in [0.25, 0.3) is 0 Å². The molecular formula is C47H50N2. The van der Waals surface area contributed by atoms with Crippen LogP contribution in [-0.2, 0) is 5.41 Å². The largest absolute Gasteiger partial charge is 0.310 e. The molecule has 2 heteroatoms. The highest BCUT2D eigenvalue weighted by atomic mass is 15.1. The minimum Gasteiger partial charge on any atom is -0.310 e. The zero-order valence-corrected chi connectivity index (χ0v) is 30.4. The summed E-state index contributed by atoms with van der Waals surface area (Å²) in [7, 11) is 0. The average molecular weight is 643 g/mol. The van der Waals surface area contributed by atoms with Gasteiger partial charge < -0.3 is 9.80 Å². The fourth-order valence-electron chi connectivity index (χ4n) is 7.90. The van der Waals surface area contributed by atoms with Crippen LogP contribution in [0.5, 0.6) is 0 Å². The van der Waals surface area contributed by atoms with Gasteiger partial charge in [-0.3, -0.25) is 0 Å². The van der Waals surface area contributed by atoms with Crippen molar-refractivity contribution in [2.45, 2.75) is 60.8 Å². The molecule has 6 aromatic carbocycles. The molecule has 0 aromatic heterocycles. The van der Waals surface area contributed by atoms with Crippen molar-refractivity contribution in [3.8, 4) is 0 Å². The zero-order valence-electron chi connectivity index (χ0n) is 30.4. The van der Waals surface area contributed by atoms with E-state index in [2.05, 4.69) is 211 Å². The van der Waals surface area contributed by atoms with E-state index in [-0.39, 0.29) is 5.41 Å². The van der Waals surface area contributed by atoms with Crippen molar-refractivity contribution in [2.24, 2.45) is 11.8 Å². The number of aryl methyl sites for hydroxylation is 4. The summed E-state index contributed by atoms with van der Waals surface area (Å²) in [6, 6.07) is 53.8. The number of hydrogen-bond donors (Lipinski definition) is 0. The van der Waals surface area contributed by atoms with E-state index in [9.17, 15) is 0 Å². The van der Waals surface area contributed by atoms with Crippen molar-refractivity contribution < 1.29 is 0 Å². The lowest BCUT2D eigenvalue weighted by molar-refractivity contribution is 0.273. The molecule has 0 saturated heterocycles. The molecule has 0 aliphatic carbocycles. The maximum absolute atomic E-state index is 2.37. The van der Waals surface area contributed by atoms with Gasteiger partial charge in [-0.1, -0.05) is 100 Å². The Labute approximate surface area is 294 Å². The lowest BCUT2D eigenvalue weighted by atomic mass is 9.60. The summed E-state index contributed by atoms with van der Waals surface area (Å²) in [5, 5.41) is 0. The van der Waals surface area contributed by atoms with Crippen LogP contribution in [0.25, 0.3) is 0 Å². The summed E-state index contributed by atoms with van der Waals surface area (Å²) in [5.41, 5.74) is 14.5. The SMILES string of the molecule is Cc1cccc(N(c2ccc(C(c3ccc(N(c4cccc(C)c4)c4cccc(C)c4)cc3)(C(C)C)C(C)C)cc2)c2cccc(C)c2)c1. The minimum atomic E-state index is -0.175. The van der Waals surface area contributed by atoms with E-state index >= 15 is 0 Å². The number of hydrogen-bond acceptors (Lipinski definition) is 2. The standard InChI is InChI=1S/C47H50N2/c1-33(2)47(34(3)4,39-21-25-41(26-22-39)48(43-17-9-13-35(5)29-43)44-18-10-14-36(6)30-44)40-23-27-42(28-24-40)49(45-19-11-15-37(7)31-45)46-20-12-16-38(8)32-46/h9-34H,1-8H3. The van der Waals surface area contributed by atoms with Crippen molar-refractivity contribution in [1.82, 2.24) is 0 Å². The van der Waals surface area contributed by atoms with Crippen LogP contribution < -0.4 is 9.80 Å². The van der Waals surface area contributed by atoms with Gasteiger partial charge >= 0.3 is 0 Å². The molecular weight excluding hydrogens is 593 g/mol. The third kappa shape index (κ3) is 6.78. The fourth-order valence-corrected chi connectivity index (χ4v) is 7.90. The number of nitrogens with zero attached hydrogens (tertiary/aromatic N) is 2. The molecule has 0 spiro atoms. The van der Waals surface area contributed by atoms with E-state index in [4.69, 9.17) is 0 Å². The van der Waals surface area contributed by atoms with Gasteiger partial charge in [0.2, 0.25) is 0 Å². The normalized spacial score (nSPS) is 11.6. The maximum atomic E-state index is 2.37. The highest BCUT2D eigenvalue weighted by Gasteiger charge is 2.40. The average Bonchev–Trinajstić information content (AvgIpc) is 3.07. The van der Waals surface area contributed by atoms with Gasteiger partial charge in [-0.05, 0) is 146 Å². The molecule has 0 bridgehead atoms. The summed E-state index contributed by atoms with van der Waals surface area (Å²) in [6.07, 6.45) is 0. The van der Waals surface area contributed by atoms with E-state index in [0.717, 1.165) is 11.4 Å². The van der Waals surface area contributed by atoms with E-state index < -0.39 is 0 Å². The monoisotopic (exact) mass is 642 g/mol. The Morgan fingerprint density at radius 3 is 0.837 bits per heavy atom. The number of anilines is 6. The third-order valence-corrected chi connectivity index (χ3v) is 10.1. The first-order chi connectivity index (χ1) is 23.6. The molecule has 0 aliphatic heterocycles. The molecule has 0 aliphatic rings. The Bertz CT molecular complexity index is 1780. The van der Waals surface area contributed by atoms with Crippen LogP contribution in [0.3, 0.4) is 0 Å². The van der Waals surface area contributed by atoms with Gasteiger partial charge in [0.1, 0.15) is 0 Å².